The van der Waals surface area contributed by atoms with Crippen molar-refractivity contribution >= 4 is 0 Å². The molecule has 2 atom stereocenters. The lowest BCUT2D eigenvalue weighted by Gasteiger charge is -2.19. The van der Waals surface area contributed by atoms with Gasteiger partial charge in [0.1, 0.15) is 0 Å². The molecule has 0 spiro atoms. The number of hydrogen-bond donors (Lipinski definition) is 1. The minimum atomic E-state index is 0.0145. The molecular formula is C10H17N3O. The molecule has 14 heavy (non-hydrogen) atoms. The average molecular weight is 195 g/mol. The Morgan fingerprint density at radius 3 is 2.86 bits per heavy atom. The highest BCUT2D eigenvalue weighted by Gasteiger charge is 2.14. The highest BCUT2D eigenvalue weighted by Crippen LogP contribution is 2.20. The molecule has 2 N–H and O–H groups in total. The first-order valence-corrected chi connectivity index (χ1v) is 4.76. The summed E-state index contributed by atoms with van der Waals surface area (Å²) in [5.41, 5.74) is 7.09. The number of nitrogens with two attached hydrogens (primary N) is 1. The van der Waals surface area contributed by atoms with Crippen molar-refractivity contribution in [2.45, 2.75) is 19.4 Å². The Hall–Kier alpha value is -1.00. The zero-order chi connectivity index (χ0) is 10.4. The van der Waals surface area contributed by atoms with Gasteiger partial charge >= 0.3 is 0 Å². The van der Waals surface area contributed by atoms with Gasteiger partial charge in [-0.25, -0.2) is 0 Å². The van der Waals surface area contributed by atoms with E-state index >= 15 is 0 Å². The van der Waals surface area contributed by atoms with Crippen molar-refractivity contribution in [3.8, 4) is 0 Å². The smallest absolute Gasteiger partial charge is 0.0544 e. The number of ether oxygens (including phenoxy) is 1. The van der Waals surface area contributed by atoms with E-state index in [2.05, 4.69) is 17.1 Å². The Morgan fingerprint density at radius 1 is 1.50 bits per heavy atom. The van der Waals surface area contributed by atoms with Crippen LogP contribution in [0.3, 0.4) is 0 Å². The van der Waals surface area contributed by atoms with Crippen molar-refractivity contribution in [2.24, 2.45) is 11.7 Å². The lowest BCUT2D eigenvalue weighted by atomic mass is 9.94. The maximum Gasteiger partial charge on any atom is 0.0544 e. The SMILES string of the molecule is COCCC(C)C(N)c1ccnnc1. The monoisotopic (exact) mass is 195 g/mol. The van der Waals surface area contributed by atoms with Gasteiger partial charge in [0.15, 0.2) is 0 Å². The third kappa shape index (κ3) is 3.05. The molecule has 0 radical (unpaired) electrons. The standard InChI is InChI=1S/C10H17N3O/c1-8(4-6-14-2)10(11)9-3-5-12-13-7-9/h3,5,7-8,10H,4,6,11H2,1-2H3. The molecular weight excluding hydrogens is 178 g/mol. The van der Waals surface area contributed by atoms with E-state index in [-0.39, 0.29) is 6.04 Å². The van der Waals surface area contributed by atoms with Crippen molar-refractivity contribution in [3.63, 3.8) is 0 Å². The molecule has 1 aromatic rings. The number of rotatable bonds is 5. The predicted molar refractivity (Wildman–Crippen MR) is 54.6 cm³/mol. The Balaban J connectivity index is 2.52. The fourth-order valence-corrected chi connectivity index (χ4v) is 1.31. The highest BCUT2D eigenvalue weighted by molar-refractivity contribution is 5.11. The summed E-state index contributed by atoms with van der Waals surface area (Å²) in [6.45, 7) is 2.86. The van der Waals surface area contributed by atoms with Crippen LogP contribution in [0.4, 0.5) is 0 Å². The first-order chi connectivity index (χ1) is 6.75. The van der Waals surface area contributed by atoms with E-state index in [1.807, 2.05) is 6.07 Å². The van der Waals surface area contributed by atoms with Crippen LogP contribution in [0.2, 0.25) is 0 Å². The van der Waals surface area contributed by atoms with E-state index in [4.69, 9.17) is 10.5 Å². The van der Waals surface area contributed by atoms with E-state index in [0.717, 1.165) is 18.6 Å². The molecule has 4 nitrogen and oxygen atoms in total. The normalized spacial score (nSPS) is 15.1. The zero-order valence-corrected chi connectivity index (χ0v) is 8.68. The number of methoxy groups -OCH3 is 1. The highest BCUT2D eigenvalue weighted by atomic mass is 16.5. The summed E-state index contributed by atoms with van der Waals surface area (Å²) >= 11 is 0. The van der Waals surface area contributed by atoms with Gasteiger partial charge in [-0.05, 0) is 24.0 Å². The van der Waals surface area contributed by atoms with Gasteiger partial charge in [0, 0.05) is 26.0 Å². The van der Waals surface area contributed by atoms with Crippen LogP contribution in [0.15, 0.2) is 18.5 Å². The van der Waals surface area contributed by atoms with Gasteiger partial charge in [0.2, 0.25) is 0 Å². The molecule has 0 fully saturated rings. The summed E-state index contributed by atoms with van der Waals surface area (Å²) in [5, 5.41) is 7.53. The molecule has 1 aromatic heterocycles. The van der Waals surface area contributed by atoms with E-state index in [9.17, 15) is 0 Å². The average Bonchev–Trinajstić information content (AvgIpc) is 2.26. The molecule has 0 aromatic carbocycles. The zero-order valence-electron chi connectivity index (χ0n) is 8.68. The van der Waals surface area contributed by atoms with Crippen LogP contribution < -0.4 is 5.73 Å². The van der Waals surface area contributed by atoms with E-state index in [0.29, 0.717) is 5.92 Å². The number of aromatic nitrogens is 2. The van der Waals surface area contributed by atoms with Gasteiger partial charge in [-0.15, -0.1) is 0 Å². The first kappa shape index (κ1) is 11.1. The summed E-state index contributed by atoms with van der Waals surface area (Å²) in [5.74, 6) is 0.388. The Labute approximate surface area is 84.5 Å². The van der Waals surface area contributed by atoms with Gasteiger partial charge < -0.3 is 10.5 Å². The third-order valence-corrected chi connectivity index (χ3v) is 2.38. The maximum absolute atomic E-state index is 6.06. The van der Waals surface area contributed by atoms with Crippen LogP contribution >= 0.6 is 0 Å². The first-order valence-electron chi connectivity index (χ1n) is 4.76. The molecule has 78 valence electrons. The molecule has 0 amide bonds. The second-order valence-corrected chi connectivity index (χ2v) is 3.46. The van der Waals surface area contributed by atoms with Crippen LogP contribution in [-0.4, -0.2) is 23.9 Å². The van der Waals surface area contributed by atoms with E-state index in [1.165, 1.54) is 0 Å². The van der Waals surface area contributed by atoms with Crippen LogP contribution in [0.1, 0.15) is 24.9 Å². The number of hydrogen-bond acceptors (Lipinski definition) is 4. The Bertz CT molecular complexity index is 253. The van der Waals surface area contributed by atoms with E-state index in [1.54, 1.807) is 19.5 Å². The van der Waals surface area contributed by atoms with Crippen molar-refractivity contribution < 1.29 is 4.74 Å². The fourth-order valence-electron chi connectivity index (χ4n) is 1.31. The summed E-state index contributed by atoms with van der Waals surface area (Å²) in [6, 6.07) is 1.92. The molecule has 0 saturated carbocycles. The lowest BCUT2D eigenvalue weighted by Crippen LogP contribution is -2.20. The molecule has 0 bridgehead atoms. The van der Waals surface area contributed by atoms with Crippen molar-refractivity contribution in [1.82, 2.24) is 10.2 Å². The fraction of sp³-hybridized carbons (Fsp3) is 0.600. The molecule has 0 aliphatic carbocycles. The molecule has 0 saturated heterocycles. The van der Waals surface area contributed by atoms with Crippen molar-refractivity contribution in [3.05, 3.63) is 24.0 Å². The van der Waals surface area contributed by atoms with Crippen LogP contribution in [0.25, 0.3) is 0 Å². The Morgan fingerprint density at radius 2 is 2.29 bits per heavy atom. The largest absolute Gasteiger partial charge is 0.385 e. The summed E-state index contributed by atoms with van der Waals surface area (Å²) in [4.78, 5) is 0. The third-order valence-electron chi connectivity index (χ3n) is 2.38. The molecule has 0 aliphatic heterocycles. The van der Waals surface area contributed by atoms with Gasteiger partial charge in [-0.2, -0.15) is 10.2 Å². The topological polar surface area (TPSA) is 61.0 Å². The van der Waals surface area contributed by atoms with Gasteiger partial charge in [0.25, 0.3) is 0 Å². The van der Waals surface area contributed by atoms with Crippen LogP contribution in [0.5, 0.6) is 0 Å². The minimum absolute atomic E-state index is 0.0145. The quantitative estimate of drug-likeness (QED) is 0.765. The van der Waals surface area contributed by atoms with Gasteiger partial charge in [-0.1, -0.05) is 6.92 Å². The van der Waals surface area contributed by atoms with Crippen molar-refractivity contribution in [2.75, 3.05) is 13.7 Å². The van der Waals surface area contributed by atoms with Crippen LogP contribution in [0, 0.1) is 5.92 Å². The lowest BCUT2D eigenvalue weighted by molar-refractivity contribution is 0.174. The minimum Gasteiger partial charge on any atom is -0.385 e. The van der Waals surface area contributed by atoms with Crippen molar-refractivity contribution in [1.29, 1.82) is 0 Å². The summed E-state index contributed by atoms with van der Waals surface area (Å²) in [6.07, 6.45) is 4.34. The van der Waals surface area contributed by atoms with Gasteiger partial charge in [-0.3, -0.25) is 0 Å². The molecule has 0 aliphatic rings. The maximum atomic E-state index is 6.06. The molecule has 1 heterocycles. The summed E-state index contributed by atoms with van der Waals surface area (Å²) in [7, 11) is 1.70. The second kappa shape index (κ2) is 5.67. The molecule has 1 rings (SSSR count). The van der Waals surface area contributed by atoms with Crippen LogP contribution in [-0.2, 0) is 4.74 Å². The summed E-state index contributed by atoms with van der Waals surface area (Å²) < 4.78 is 5.01. The van der Waals surface area contributed by atoms with Gasteiger partial charge in [0.05, 0.1) is 6.20 Å². The molecule has 4 heteroatoms. The Kier molecular flexibility index (Phi) is 4.49. The second-order valence-electron chi connectivity index (χ2n) is 3.46. The van der Waals surface area contributed by atoms with E-state index < -0.39 is 0 Å². The number of nitrogens with zero attached hydrogens (tertiary/aromatic N) is 2. The molecule has 2 unspecified atom stereocenters. The predicted octanol–water partition coefficient (Wildman–Crippen LogP) is 1.15.